The van der Waals surface area contributed by atoms with E-state index in [-0.39, 0.29) is 18.2 Å². The van der Waals surface area contributed by atoms with Gasteiger partial charge in [-0.3, -0.25) is 0 Å². The summed E-state index contributed by atoms with van der Waals surface area (Å²) >= 11 is 0. The third kappa shape index (κ3) is 4.17. The zero-order chi connectivity index (χ0) is 17.8. The molecule has 1 aliphatic rings. The number of nitrogens with zero attached hydrogens (tertiary/aromatic N) is 4. The molecule has 25 heavy (non-hydrogen) atoms. The molecule has 1 saturated heterocycles. The number of carbonyl (C=O) groups is 1. The lowest BCUT2D eigenvalue weighted by atomic mass is 9.92. The van der Waals surface area contributed by atoms with Crippen molar-refractivity contribution < 1.29 is 9.90 Å². The van der Waals surface area contributed by atoms with Gasteiger partial charge in [0.2, 0.25) is 0 Å². The van der Waals surface area contributed by atoms with Gasteiger partial charge in [0.05, 0.1) is 30.2 Å². The molecule has 134 valence electrons. The van der Waals surface area contributed by atoms with E-state index in [2.05, 4.69) is 15.6 Å². The predicted molar refractivity (Wildman–Crippen MR) is 94.3 cm³/mol. The SMILES string of the molecule is CC(NC(=O)N1CCC(C(C)O)CC1)c1ccc(-n2ccnn2)cc1. The highest BCUT2D eigenvalue weighted by molar-refractivity contribution is 5.74. The van der Waals surface area contributed by atoms with Crippen molar-refractivity contribution in [3.8, 4) is 5.69 Å². The number of benzene rings is 1. The average Bonchev–Trinajstić information content (AvgIpc) is 3.16. The van der Waals surface area contributed by atoms with Gasteiger partial charge in [-0.2, -0.15) is 0 Å². The van der Waals surface area contributed by atoms with Crippen molar-refractivity contribution in [2.45, 2.75) is 38.8 Å². The Morgan fingerprint density at radius 1 is 1.24 bits per heavy atom. The largest absolute Gasteiger partial charge is 0.393 e. The molecule has 3 rings (SSSR count). The van der Waals surface area contributed by atoms with E-state index in [1.165, 1.54) is 0 Å². The summed E-state index contributed by atoms with van der Waals surface area (Å²) in [4.78, 5) is 14.3. The van der Waals surface area contributed by atoms with Crippen molar-refractivity contribution in [2.24, 2.45) is 5.92 Å². The maximum Gasteiger partial charge on any atom is 0.317 e. The lowest BCUT2D eigenvalue weighted by molar-refractivity contribution is 0.0794. The molecule has 1 aliphatic heterocycles. The number of rotatable bonds is 4. The molecule has 0 bridgehead atoms. The fourth-order valence-electron chi connectivity index (χ4n) is 3.21. The molecule has 0 saturated carbocycles. The van der Waals surface area contributed by atoms with Gasteiger partial charge in [0.15, 0.2) is 0 Å². The van der Waals surface area contributed by atoms with E-state index in [9.17, 15) is 9.90 Å². The normalized spacial score (nSPS) is 18.0. The molecule has 7 nitrogen and oxygen atoms in total. The smallest absolute Gasteiger partial charge is 0.317 e. The van der Waals surface area contributed by atoms with E-state index in [0.29, 0.717) is 19.0 Å². The van der Waals surface area contributed by atoms with Crippen molar-refractivity contribution in [1.29, 1.82) is 0 Å². The molecule has 2 N–H and O–H groups in total. The van der Waals surface area contributed by atoms with E-state index in [0.717, 1.165) is 24.1 Å². The van der Waals surface area contributed by atoms with Crippen LogP contribution in [0.5, 0.6) is 0 Å². The van der Waals surface area contributed by atoms with E-state index >= 15 is 0 Å². The summed E-state index contributed by atoms with van der Waals surface area (Å²) in [6.07, 6.45) is 4.83. The maximum absolute atomic E-state index is 12.4. The molecule has 2 amide bonds. The summed E-state index contributed by atoms with van der Waals surface area (Å²) in [7, 11) is 0. The van der Waals surface area contributed by atoms with Crippen molar-refractivity contribution in [3.05, 3.63) is 42.2 Å². The monoisotopic (exact) mass is 343 g/mol. The minimum absolute atomic E-state index is 0.0445. The Hall–Kier alpha value is -2.41. The number of aliphatic hydroxyl groups excluding tert-OH is 1. The van der Waals surface area contributed by atoms with Gasteiger partial charge in [-0.1, -0.05) is 17.3 Å². The van der Waals surface area contributed by atoms with Gasteiger partial charge in [-0.15, -0.1) is 5.10 Å². The molecule has 2 heterocycles. The van der Waals surface area contributed by atoms with Gasteiger partial charge in [0, 0.05) is 13.1 Å². The second-order valence-corrected chi connectivity index (χ2v) is 6.68. The van der Waals surface area contributed by atoms with Crippen molar-refractivity contribution in [3.63, 3.8) is 0 Å². The fraction of sp³-hybridized carbons (Fsp3) is 0.500. The molecular weight excluding hydrogens is 318 g/mol. The average molecular weight is 343 g/mol. The fourth-order valence-corrected chi connectivity index (χ4v) is 3.21. The van der Waals surface area contributed by atoms with E-state index < -0.39 is 0 Å². The Balaban J connectivity index is 1.55. The number of likely N-dealkylation sites (tertiary alicyclic amines) is 1. The Bertz CT molecular complexity index is 676. The van der Waals surface area contributed by atoms with Crippen LogP contribution in [0.2, 0.25) is 0 Å². The molecule has 2 unspecified atom stereocenters. The first-order valence-electron chi connectivity index (χ1n) is 8.74. The first-order chi connectivity index (χ1) is 12.0. The molecular formula is C18H25N5O2. The van der Waals surface area contributed by atoms with Gasteiger partial charge in [0.1, 0.15) is 0 Å². The summed E-state index contributed by atoms with van der Waals surface area (Å²) < 4.78 is 1.69. The molecule has 0 aliphatic carbocycles. The minimum Gasteiger partial charge on any atom is -0.393 e. The van der Waals surface area contributed by atoms with Gasteiger partial charge < -0.3 is 15.3 Å². The van der Waals surface area contributed by atoms with E-state index in [1.807, 2.05) is 43.0 Å². The Morgan fingerprint density at radius 2 is 1.92 bits per heavy atom. The number of piperidine rings is 1. The van der Waals surface area contributed by atoms with Crippen LogP contribution in [0, 0.1) is 5.92 Å². The molecule has 1 aromatic carbocycles. The van der Waals surface area contributed by atoms with Crippen LogP contribution < -0.4 is 5.32 Å². The quantitative estimate of drug-likeness (QED) is 0.891. The van der Waals surface area contributed by atoms with Gasteiger partial charge in [-0.25, -0.2) is 9.48 Å². The predicted octanol–water partition coefficient (Wildman–Crippen LogP) is 2.13. The Kier molecular flexibility index (Phi) is 5.33. The van der Waals surface area contributed by atoms with E-state index in [1.54, 1.807) is 17.1 Å². The number of aromatic nitrogens is 3. The van der Waals surface area contributed by atoms with Gasteiger partial charge in [-0.05, 0) is 50.3 Å². The topological polar surface area (TPSA) is 83.3 Å². The number of carbonyl (C=O) groups excluding carboxylic acids is 1. The van der Waals surface area contributed by atoms with Gasteiger partial charge >= 0.3 is 6.03 Å². The second kappa shape index (κ2) is 7.65. The standard InChI is InChI=1S/C18H25N5O2/c1-13(15-3-5-17(6-4-15)23-12-9-19-21-23)20-18(25)22-10-7-16(8-11-22)14(2)24/h3-6,9,12-14,16,24H,7-8,10-11H2,1-2H3,(H,20,25). The van der Waals surface area contributed by atoms with Crippen molar-refractivity contribution in [1.82, 2.24) is 25.2 Å². The number of hydrogen-bond donors (Lipinski definition) is 2. The Labute approximate surface area is 147 Å². The highest BCUT2D eigenvalue weighted by atomic mass is 16.3. The Morgan fingerprint density at radius 3 is 2.48 bits per heavy atom. The lowest BCUT2D eigenvalue weighted by Crippen LogP contribution is -2.46. The number of aliphatic hydroxyl groups is 1. The molecule has 1 aromatic heterocycles. The second-order valence-electron chi connectivity index (χ2n) is 6.68. The van der Waals surface area contributed by atoms with Gasteiger partial charge in [0.25, 0.3) is 0 Å². The highest BCUT2D eigenvalue weighted by Gasteiger charge is 2.26. The lowest BCUT2D eigenvalue weighted by Gasteiger charge is -2.34. The van der Waals surface area contributed by atoms with Crippen LogP contribution in [-0.4, -0.2) is 50.2 Å². The number of amides is 2. The van der Waals surface area contributed by atoms with Crippen LogP contribution in [-0.2, 0) is 0 Å². The summed E-state index contributed by atoms with van der Waals surface area (Å²) in [6.45, 7) is 5.19. The minimum atomic E-state index is -0.298. The summed E-state index contributed by atoms with van der Waals surface area (Å²) in [5.74, 6) is 0.297. The molecule has 0 radical (unpaired) electrons. The highest BCUT2D eigenvalue weighted by Crippen LogP contribution is 2.21. The number of urea groups is 1. The third-order valence-corrected chi connectivity index (χ3v) is 4.93. The number of nitrogens with one attached hydrogen (secondary N) is 1. The van der Waals surface area contributed by atoms with Crippen LogP contribution in [0.15, 0.2) is 36.7 Å². The summed E-state index contributed by atoms with van der Waals surface area (Å²) in [5, 5.41) is 20.5. The molecule has 0 spiro atoms. The summed E-state index contributed by atoms with van der Waals surface area (Å²) in [6, 6.07) is 7.77. The van der Waals surface area contributed by atoms with Crippen LogP contribution in [0.4, 0.5) is 4.79 Å². The van der Waals surface area contributed by atoms with Crippen LogP contribution >= 0.6 is 0 Å². The van der Waals surface area contributed by atoms with Crippen LogP contribution in [0.1, 0.15) is 38.3 Å². The molecule has 1 fully saturated rings. The maximum atomic E-state index is 12.4. The van der Waals surface area contributed by atoms with Crippen molar-refractivity contribution >= 4 is 6.03 Å². The summed E-state index contributed by atoms with van der Waals surface area (Å²) in [5.41, 5.74) is 1.97. The van der Waals surface area contributed by atoms with Crippen LogP contribution in [0.3, 0.4) is 0 Å². The molecule has 2 aromatic rings. The zero-order valence-electron chi connectivity index (χ0n) is 14.7. The first-order valence-corrected chi connectivity index (χ1v) is 8.74. The first kappa shape index (κ1) is 17.4. The number of hydrogen-bond acceptors (Lipinski definition) is 4. The van der Waals surface area contributed by atoms with E-state index in [4.69, 9.17) is 0 Å². The third-order valence-electron chi connectivity index (χ3n) is 4.93. The molecule has 2 atom stereocenters. The van der Waals surface area contributed by atoms with Crippen molar-refractivity contribution in [2.75, 3.05) is 13.1 Å². The molecule has 7 heteroatoms. The zero-order valence-corrected chi connectivity index (χ0v) is 14.7. The van der Waals surface area contributed by atoms with Crippen LogP contribution in [0.25, 0.3) is 5.69 Å².